The third-order valence-electron chi connectivity index (χ3n) is 3.96. The van der Waals surface area contributed by atoms with Gasteiger partial charge in [-0.05, 0) is 38.1 Å². The molecule has 1 unspecified atom stereocenters. The molecule has 8 heteroatoms. The first-order valence-electron chi connectivity index (χ1n) is 8.75. The number of fused-ring (bicyclic) bond motifs is 1. The van der Waals surface area contributed by atoms with E-state index in [1.807, 2.05) is 30.3 Å². The molecule has 0 bridgehead atoms. The average Bonchev–Trinajstić information content (AvgIpc) is 3.10. The van der Waals surface area contributed by atoms with Crippen molar-refractivity contribution in [3.63, 3.8) is 0 Å². The van der Waals surface area contributed by atoms with Crippen molar-refractivity contribution in [1.82, 2.24) is 14.9 Å². The van der Waals surface area contributed by atoms with Gasteiger partial charge in [0.1, 0.15) is 0 Å². The van der Waals surface area contributed by atoms with E-state index >= 15 is 0 Å². The van der Waals surface area contributed by atoms with Crippen molar-refractivity contribution in [1.29, 1.82) is 0 Å². The van der Waals surface area contributed by atoms with Crippen LogP contribution in [0.15, 0.2) is 60.9 Å². The van der Waals surface area contributed by atoms with Crippen LogP contribution in [0.1, 0.15) is 30.1 Å². The summed E-state index contributed by atoms with van der Waals surface area (Å²) in [6.45, 7) is 3.82. The highest BCUT2D eigenvalue weighted by Crippen LogP contribution is 2.58. The summed E-state index contributed by atoms with van der Waals surface area (Å²) in [7, 11) is -3.71. The van der Waals surface area contributed by atoms with Gasteiger partial charge in [0.25, 0.3) is 5.91 Å². The van der Waals surface area contributed by atoms with Crippen LogP contribution in [0.4, 0.5) is 0 Å². The SMILES string of the molecule is CCOP(=O)(OCC)C(NC(=O)c1ccccc1)n1cnc2ccccc21. The lowest BCUT2D eigenvalue weighted by Crippen LogP contribution is -2.33. The first-order valence-corrected chi connectivity index (χ1v) is 10.4. The lowest BCUT2D eigenvalue weighted by molar-refractivity contribution is 0.0923. The number of para-hydroxylation sites is 2. The summed E-state index contributed by atoms with van der Waals surface area (Å²) in [5.74, 6) is -1.42. The third-order valence-corrected chi connectivity index (χ3v) is 6.17. The Bertz CT molecular complexity index is 948. The lowest BCUT2D eigenvalue weighted by atomic mass is 10.2. The summed E-state index contributed by atoms with van der Waals surface area (Å²) < 4.78 is 26.2. The Morgan fingerprint density at radius 2 is 1.70 bits per heavy atom. The standard InChI is InChI=1S/C19H22N3O4P/c1-3-25-27(24,26-4-2)19(21-18(23)15-10-6-5-7-11-15)22-14-20-16-12-8-9-13-17(16)22/h5-14,19H,3-4H2,1-2H3,(H,21,23). The van der Waals surface area contributed by atoms with Gasteiger partial charge in [-0.2, -0.15) is 0 Å². The molecule has 0 saturated carbocycles. The van der Waals surface area contributed by atoms with Gasteiger partial charge in [-0.15, -0.1) is 0 Å². The summed E-state index contributed by atoms with van der Waals surface area (Å²) in [6, 6.07) is 16.1. The molecule has 0 spiro atoms. The molecule has 0 fully saturated rings. The van der Waals surface area contributed by atoms with Crippen molar-refractivity contribution in [2.24, 2.45) is 0 Å². The summed E-state index contributed by atoms with van der Waals surface area (Å²) >= 11 is 0. The Hall–Kier alpha value is -2.47. The predicted molar refractivity (Wildman–Crippen MR) is 104 cm³/mol. The van der Waals surface area contributed by atoms with Gasteiger partial charge in [0.15, 0.2) is 0 Å². The third kappa shape index (κ3) is 4.11. The predicted octanol–water partition coefficient (Wildman–Crippen LogP) is 4.19. The van der Waals surface area contributed by atoms with Gasteiger partial charge in [0.05, 0.1) is 30.6 Å². The quantitative estimate of drug-likeness (QED) is 0.586. The number of nitrogens with zero attached hydrogens (tertiary/aromatic N) is 2. The molecule has 3 aromatic rings. The molecule has 1 aromatic heterocycles. The second-order valence-electron chi connectivity index (χ2n) is 5.73. The Kier molecular flexibility index (Phi) is 6.06. The number of nitrogens with one attached hydrogen (secondary N) is 1. The first kappa shape index (κ1) is 19.3. The molecule has 1 heterocycles. The number of hydrogen-bond acceptors (Lipinski definition) is 5. The normalized spacial score (nSPS) is 12.8. The minimum absolute atomic E-state index is 0.182. The van der Waals surface area contributed by atoms with Crippen molar-refractivity contribution in [2.45, 2.75) is 19.8 Å². The molecule has 0 aliphatic rings. The van der Waals surface area contributed by atoms with Gasteiger partial charge in [0, 0.05) is 5.56 Å². The van der Waals surface area contributed by atoms with Crippen LogP contribution in [0.5, 0.6) is 0 Å². The zero-order valence-corrected chi connectivity index (χ0v) is 16.1. The van der Waals surface area contributed by atoms with Gasteiger partial charge in [-0.25, -0.2) is 4.98 Å². The van der Waals surface area contributed by atoms with E-state index in [1.165, 1.54) is 6.33 Å². The molecule has 27 heavy (non-hydrogen) atoms. The molecule has 142 valence electrons. The molecular formula is C19H22N3O4P. The fraction of sp³-hybridized carbons (Fsp3) is 0.263. The minimum atomic E-state index is -3.71. The number of aromatic nitrogens is 2. The summed E-state index contributed by atoms with van der Waals surface area (Å²) in [5, 5.41) is 2.81. The maximum Gasteiger partial charge on any atom is 0.373 e. The van der Waals surface area contributed by atoms with E-state index in [2.05, 4.69) is 10.3 Å². The Labute approximate surface area is 157 Å². The number of amides is 1. The van der Waals surface area contributed by atoms with E-state index in [1.54, 1.807) is 42.7 Å². The van der Waals surface area contributed by atoms with Crippen LogP contribution in [0.25, 0.3) is 11.0 Å². The van der Waals surface area contributed by atoms with Crippen molar-refractivity contribution >= 4 is 24.5 Å². The van der Waals surface area contributed by atoms with Crippen LogP contribution in [0.2, 0.25) is 0 Å². The molecule has 2 aromatic carbocycles. The molecule has 7 nitrogen and oxygen atoms in total. The Morgan fingerprint density at radius 3 is 2.37 bits per heavy atom. The van der Waals surface area contributed by atoms with Crippen molar-refractivity contribution in [3.05, 3.63) is 66.5 Å². The topological polar surface area (TPSA) is 82.5 Å². The van der Waals surface area contributed by atoms with Gasteiger partial charge < -0.3 is 14.4 Å². The molecule has 0 saturated heterocycles. The minimum Gasteiger partial charge on any atom is -0.321 e. The van der Waals surface area contributed by atoms with Gasteiger partial charge >= 0.3 is 7.60 Å². The van der Waals surface area contributed by atoms with Crippen molar-refractivity contribution < 1.29 is 18.4 Å². The van der Waals surface area contributed by atoms with E-state index < -0.39 is 13.5 Å². The molecule has 3 rings (SSSR count). The zero-order valence-electron chi connectivity index (χ0n) is 15.2. The fourth-order valence-electron chi connectivity index (χ4n) is 2.80. The van der Waals surface area contributed by atoms with Crippen LogP contribution >= 0.6 is 7.60 Å². The zero-order chi connectivity index (χ0) is 19.3. The number of carbonyl (C=O) groups excluding carboxylic acids is 1. The van der Waals surface area contributed by atoms with Crippen molar-refractivity contribution in [3.8, 4) is 0 Å². The van der Waals surface area contributed by atoms with E-state index in [0.29, 0.717) is 5.56 Å². The molecule has 1 N–H and O–H groups in total. The van der Waals surface area contributed by atoms with E-state index in [-0.39, 0.29) is 19.1 Å². The lowest BCUT2D eigenvalue weighted by Gasteiger charge is -2.28. The number of hydrogen-bond donors (Lipinski definition) is 1. The van der Waals surface area contributed by atoms with Gasteiger partial charge in [0.2, 0.25) is 5.91 Å². The second-order valence-corrected chi connectivity index (χ2v) is 7.81. The number of carbonyl (C=O) groups is 1. The molecular weight excluding hydrogens is 365 g/mol. The monoisotopic (exact) mass is 387 g/mol. The number of rotatable bonds is 8. The highest BCUT2D eigenvalue weighted by molar-refractivity contribution is 7.54. The molecule has 0 radical (unpaired) electrons. The molecule has 0 aliphatic carbocycles. The maximum atomic E-state index is 13.5. The summed E-state index contributed by atoms with van der Waals surface area (Å²) in [6.07, 6.45) is 1.53. The highest BCUT2D eigenvalue weighted by atomic mass is 31.2. The average molecular weight is 387 g/mol. The second kappa shape index (κ2) is 8.48. The van der Waals surface area contributed by atoms with E-state index in [0.717, 1.165) is 11.0 Å². The Balaban J connectivity index is 2.06. The molecule has 1 amide bonds. The molecule has 0 aliphatic heterocycles. The maximum absolute atomic E-state index is 13.5. The van der Waals surface area contributed by atoms with Gasteiger partial charge in [-0.3, -0.25) is 13.9 Å². The van der Waals surface area contributed by atoms with Crippen molar-refractivity contribution in [2.75, 3.05) is 13.2 Å². The smallest absolute Gasteiger partial charge is 0.321 e. The fourth-order valence-corrected chi connectivity index (χ4v) is 4.64. The largest absolute Gasteiger partial charge is 0.373 e. The van der Waals surface area contributed by atoms with Crippen LogP contribution in [-0.4, -0.2) is 28.7 Å². The van der Waals surface area contributed by atoms with Crippen LogP contribution < -0.4 is 5.32 Å². The summed E-state index contributed by atoms with van der Waals surface area (Å²) in [5.41, 5.74) is 1.89. The van der Waals surface area contributed by atoms with Crippen LogP contribution in [-0.2, 0) is 13.6 Å². The van der Waals surface area contributed by atoms with Crippen LogP contribution in [0, 0.1) is 0 Å². The number of imidazole rings is 1. The number of benzene rings is 2. The Morgan fingerprint density at radius 1 is 1.07 bits per heavy atom. The first-order chi connectivity index (χ1) is 13.1. The van der Waals surface area contributed by atoms with Crippen LogP contribution in [0.3, 0.4) is 0 Å². The summed E-state index contributed by atoms with van der Waals surface area (Å²) in [4.78, 5) is 17.1. The van der Waals surface area contributed by atoms with E-state index in [9.17, 15) is 9.36 Å². The molecule has 1 atom stereocenters. The van der Waals surface area contributed by atoms with E-state index in [4.69, 9.17) is 9.05 Å². The van der Waals surface area contributed by atoms with Gasteiger partial charge in [-0.1, -0.05) is 30.3 Å². The highest BCUT2D eigenvalue weighted by Gasteiger charge is 2.39.